The number of halogens is 2. The van der Waals surface area contributed by atoms with Crippen molar-refractivity contribution in [3.05, 3.63) is 54.6 Å². The summed E-state index contributed by atoms with van der Waals surface area (Å²) in [5, 5.41) is 4.29. The van der Waals surface area contributed by atoms with E-state index in [1.807, 2.05) is 5.32 Å². The molecule has 0 unspecified atom stereocenters. The lowest BCUT2D eigenvalue weighted by Gasteiger charge is -2.05. The fourth-order valence-corrected chi connectivity index (χ4v) is 2.04. The minimum absolute atomic E-state index is 0.0362. The Morgan fingerprint density at radius 1 is 1.29 bits per heavy atom. The van der Waals surface area contributed by atoms with Crippen molar-refractivity contribution in [1.29, 1.82) is 0 Å². The predicted octanol–water partition coefficient (Wildman–Crippen LogP) is 2.11. The summed E-state index contributed by atoms with van der Waals surface area (Å²) in [6, 6.07) is 2.28. The van der Waals surface area contributed by atoms with Crippen molar-refractivity contribution >= 4 is 17.9 Å². The van der Waals surface area contributed by atoms with Gasteiger partial charge in [0.25, 0.3) is 5.91 Å². The lowest BCUT2D eigenvalue weighted by molar-refractivity contribution is -0.148. The molecular formula is C18H17F2N3O5. The molecule has 0 saturated heterocycles. The van der Waals surface area contributed by atoms with Crippen LogP contribution >= 0.6 is 0 Å². The van der Waals surface area contributed by atoms with Gasteiger partial charge in [-0.1, -0.05) is 6.08 Å². The number of oxazole rings is 1. The second-order valence-electron chi connectivity index (χ2n) is 5.45. The Hall–Kier alpha value is -3.56. The van der Waals surface area contributed by atoms with Gasteiger partial charge in [-0.3, -0.25) is 14.9 Å². The average Bonchev–Trinajstić information content (AvgIpc) is 3.11. The zero-order valence-corrected chi connectivity index (χ0v) is 14.7. The van der Waals surface area contributed by atoms with Crippen molar-refractivity contribution in [1.82, 2.24) is 15.6 Å². The van der Waals surface area contributed by atoms with Crippen molar-refractivity contribution < 1.29 is 32.3 Å². The van der Waals surface area contributed by atoms with Gasteiger partial charge in [0.15, 0.2) is 18.3 Å². The van der Waals surface area contributed by atoms with Gasteiger partial charge < -0.3 is 14.5 Å². The Morgan fingerprint density at radius 2 is 2.07 bits per heavy atom. The van der Waals surface area contributed by atoms with Crippen LogP contribution in [0.25, 0.3) is 11.3 Å². The molecule has 10 heteroatoms. The molecule has 0 spiro atoms. The summed E-state index contributed by atoms with van der Waals surface area (Å²) in [7, 11) is 0. The second kappa shape index (κ2) is 9.95. The van der Waals surface area contributed by atoms with Crippen LogP contribution in [0.4, 0.5) is 13.6 Å². The maximum Gasteiger partial charge on any atom is 0.321 e. The van der Waals surface area contributed by atoms with Crippen molar-refractivity contribution in [2.75, 3.05) is 13.2 Å². The third kappa shape index (κ3) is 6.31. The minimum atomic E-state index is -0.801. The summed E-state index contributed by atoms with van der Waals surface area (Å²) in [4.78, 5) is 38.2. The number of nitrogens with one attached hydrogen (secondary N) is 2. The number of aryl methyl sites for hydroxylation is 1. The fourth-order valence-electron chi connectivity index (χ4n) is 2.04. The third-order valence-electron chi connectivity index (χ3n) is 3.32. The van der Waals surface area contributed by atoms with E-state index in [9.17, 15) is 23.2 Å². The smallest absolute Gasteiger partial charge is 0.321 e. The van der Waals surface area contributed by atoms with E-state index in [1.54, 1.807) is 0 Å². The molecule has 0 aliphatic heterocycles. The molecule has 2 aromatic rings. The molecule has 0 saturated carbocycles. The highest BCUT2D eigenvalue weighted by molar-refractivity contribution is 5.95. The van der Waals surface area contributed by atoms with Crippen LogP contribution in [0.5, 0.6) is 0 Å². The van der Waals surface area contributed by atoms with Gasteiger partial charge in [0, 0.05) is 19.0 Å². The monoisotopic (exact) mass is 393 g/mol. The maximum atomic E-state index is 13.7. The summed E-state index contributed by atoms with van der Waals surface area (Å²) in [6.07, 6.45) is 2.58. The van der Waals surface area contributed by atoms with Gasteiger partial charge in [-0.25, -0.2) is 18.6 Å². The fraction of sp³-hybridized carbons (Fsp3) is 0.222. The van der Waals surface area contributed by atoms with Crippen molar-refractivity contribution in [2.45, 2.75) is 12.8 Å². The van der Waals surface area contributed by atoms with Gasteiger partial charge in [-0.2, -0.15) is 0 Å². The normalized spacial score (nSPS) is 10.2. The number of carbonyl (C=O) groups is 3. The van der Waals surface area contributed by atoms with E-state index < -0.39 is 36.1 Å². The number of benzene rings is 1. The maximum absolute atomic E-state index is 13.7. The Balaban J connectivity index is 1.77. The first-order valence-corrected chi connectivity index (χ1v) is 8.13. The van der Waals surface area contributed by atoms with Crippen molar-refractivity contribution in [2.24, 2.45) is 0 Å². The van der Waals surface area contributed by atoms with Crippen LogP contribution in [0.3, 0.4) is 0 Å². The molecule has 0 aliphatic rings. The van der Waals surface area contributed by atoms with Crippen LogP contribution < -0.4 is 10.6 Å². The van der Waals surface area contributed by atoms with Crippen molar-refractivity contribution in [3.63, 3.8) is 0 Å². The number of carbonyl (C=O) groups excluding carboxylic acids is 3. The number of urea groups is 1. The van der Waals surface area contributed by atoms with Gasteiger partial charge in [0.2, 0.25) is 0 Å². The highest BCUT2D eigenvalue weighted by atomic mass is 19.1. The largest absolute Gasteiger partial charge is 0.456 e. The number of ether oxygens (including phenoxy) is 1. The van der Waals surface area contributed by atoms with Crippen LogP contribution in [0.15, 0.2) is 41.5 Å². The summed E-state index contributed by atoms with van der Waals surface area (Å²) >= 11 is 0. The molecule has 8 nitrogen and oxygen atoms in total. The van der Waals surface area contributed by atoms with Gasteiger partial charge >= 0.3 is 12.0 Å². The Kier molecular flexibility index (Phi) is 7.37. The predicted molar refractivity (Wildman–Crippen MR) is 92.9 cm³/mol. The molecule has 0 radical (unpaired) electrons. The molecule has 28 heavy (non-hydrogen) atoms. The first-order chi connectivity index (χ1) is 13.4. The van der Waals surface area contributed by atoms with Crippen LogP contribution in [-0.4, -0.2) is 36.0 Å². The molecule has 2 N–H and O–H groups in total. The number of aromatic nitrogens is 1. The zero-order chi connectivity index (χ0) is 20.5. The van der Waals surface area contributed by atoms with E-state index in [1.165, 1.54) is 18.3 Å². The van der Waals surface area contributed by atoms with Crippen LogP contribution in [0.2, 0.25) is 0 Å². The highest BCUT2D eigenvalue weighted by Crippen LogP contribution is 2.24. The van der Waals surface area contributed by atoms with Crippen LogP contribution in [-0.2, 0) is 20.7 Å². The van der Waals surface area contributed by atoms with E-state index in [-0.39, 0.29) is 36.6 Å². The number of esters is 1. The summed E-state index contributed by atoms with van der Waals surface area (Å²) in [5.41, 5.74) is 0.0362. The van der Waals surface area contributed by atoms with E-state index in [4.69, 9.17) is 9.15 Å². The number of rotatable bonds is 8. The lowest BCUT2D eigenvalue weighted by atomic mass is 10.2. The quantitative estimate of drug-likeness (QED) is 0.525. The number of amides is 3. The number of nitrogens with zero attached hydrogens (tertiary/aromatic N) is 1. The number of hydrogen-bond donors (Lipinski definition) is 2. The van der Waals surface area contributed by atoms with E-state index in [2.05, 4.69) is 16.9 Å². The first-order valence-electron chi connectivity index (χ1n) is 8.13. The molecule has 0 bridgehead atoms. The number of hydrogen-bond acceptors (Lipinski definition) is 6. The molecule has 0 atom stereocenters. The molecule has 1 heterocycles. The average molecular weight is 393 g/mol. The molecule has 148 valence electrons. The topological polar surface area (TPSA) is 111 Å². The van der Waals surface area contributed by atoms with Gasteiger partial charge in [0.05, 0.1) is 18.2 Å². The molecular weight excluding hydrogens is 376 g/mol. The summed E-state index contributed by atoms with van der Waals surface area (Å²) < 4.78 is 36.7. The molecule has 1 aromatic heterocycles. The van der Waals surface area contributed by atoms with Crippen LogP contribution in [0, 0.1) is 11.6 Å². The van der Waals surface area contributed by atoms with Crippen LogP contribution in [0.1, 0.15) is 12.3 Å². The first kappa shape index (κ1) is 20.7. The molecule has 1 aromatic carbocycles. The summed E-state index contributed by atoms with van der Waals surface area (Å²) in [5.74, 6) is -2.79. The Morgan fingerprint density at radius 3 is 2.79 bits per heavy atom. The Bertz CT molecular complexity index is 882. The lowest BCUT2D eigenvalue weighted by Crippen LogP contribution is -2.41. The molecule has 2 rings (SSSR count). The van der Waals surface area contributed by atoms with Gasteiger partial charge in [0.1, 0.15) is 11.6 Å². The van der Waals surface area contributed by atoms with E-state index in [0.717, 1.165) is 12.1 Å². The SMILES string of the molecule is C=CCNC(=O)NC(=O)COC(=O)CCc1ncc(-c2ccc(F)cc2F)o1. The molecule has 3 amide bonds. The van der Waals surface area contributed by atoms with E-state index in [0.29, 0.717) is 0 Å². The minimum Gasteiger partial charge on any atom is -0.456 e. The zero-order valence-electron chi connectivity index (χ0n) is 14.7. The molecule has 0 fully saturated rings. The Labute approximate surface area is 158 Å². The molecule has 0 aliphatic carbocycles. The van der Waals surface area contributed by atoms with Gasteiger partial charge in [-0.05, 0) is 12.1 Å². The van der Waals surface area contributed by atoms with E-state index >= 15 is 0 Å². The van der Waals surface area contributed by atoms with Gasteiger partial charge in [-0.15, -0.1) is 6.58 Å². The number of imide groups is 1. The van der Waals surface area contributed by atoms with Crippen molar-refractivity contribution in [3.8, 4) is 11.3 Å². The standard InChI is InChI=1S/C18H17F2N3O5/c1-2-7-21-18(26)23-15(24)10-27-17(25)6-5-16-22-9-14(28-16)12-4-3-11(19)8-13(12)20/h2-4,8-9H,1,5-7,10H2,(H2,21,23,24,26). The third-order valence-corrected chi connectivity index (χ3v) is 3.32. The summed E-state index contributed by atoms with van der Waals surface area (Å²) in [6.45, 7) is 2.95. The highest BCUT2D eigenvalue weighted by Gasteiger charge is 2.14. The second-order valence-corrected chi connectivity index (χ2v) is 5.45.